The molecule has 0 bridgehead atoms. The molecule has 1 N–H and O–H groups in total. The number of furan rings is 1. The molecule has 2 rings (SSSR count). The van der Waals surface area contributed by atoms with Gasteiger partial charge in [-0.15, -0.1) is 11.3 Å². The number of rotatable bonds is 5. The van der Waals surface area contributed by atoms with Crippen molar-refractivity contribution >= 4 is 27.3 Å². The summed E-state index contributed by atoms with van der Waals surface area (Å²) in [5.74, 6) is -0.0611. The number of hydrogen-bond donors (Lipinski definition) is 1. The van der Waals surface area contributed by atoms with E-state index in [-0.39, 0.29) is 16.3 Å². The van der Waals surface area contributed by atoms with Gasteiger partial charge in [-0.05, 0) is 30.5 Å². The highest BCUT2D eigenvalue weighted by molar-refractivity contribution is 7.89. The Morgan fingerprint density at radius 2 is 2.10 bits per heavy atom. The van der Waals surface area contributed by atoms with Crippen LogP contribution in [0.4, 0.5) is 0 Å². The van der Waals surface area contributed by atoms with Gasteiger partial charge in [0.05, 0.1) is 6.54 Å². The van der Waals surface area contributed by atoms with Crippen molar-refractivity contribution in [2.45, 2.75) is 18.4 Å². The summed E-state index contributed by atoms with van der Waals surface area (Å²) in [6.45, 7) is 1.81. The Morgan fingerprint density at radius 3 is 2.65 bits per heavy atom. The average molecular weight is 315 g/mol. The number of aromatic carboxylic acids is 1. The van der Waals surface area contributed by atoms with Crippen LogP contribution in [0.25, 0.3) is 0 Å². The van der Waals surface area contributed by atoms with Crippen LogP contribution in [0.3, 0.4) is 0 Å². The molecule has 2 aromatic heterocycles. The highest BCUT2D eigenvalue weighted by Gasteiger charge is 2.28. The van der Waals surface area contributed by atoms with Crippen molar-refractivity contribution in [3.63, 3.8) is 0 Å². The summed E-state index contributed by atoms with van der Waals surface area (Å²) in [4.78, 5) is 10.6. The van der Waals surface area contributed by atoms with Gasteiger partial charge < -0.3 is 9.52 Å². The van der Waals surface area contributed by atoms with Crippen LogP contribution in [0.5, 0.6) is 0 Å². The molecule has 0 saturated heterocycles. The zero-order valence-corrected chi connectivity index (χ0v) is 12.5. The monoisotopic (exact) mass is 315 g/mol. The molecular formula is C12H13NO5S2. The lowest BCUT2D eigenvalue weighted by Crippen LogP contribution is -2.27. The van der Waals surface area contributed by atoms with Crippen LogP contribution in [0, 0.1) is 6.92 Å². The Bertz CT molecular complexity index is 729. The SMILES string of the molecule is Cc1ccc(CN(C)S(=O)(=O)c2ccsc2C(=O)O)o1. The number of carboxylic acids is 1. The maximum Gasteiger partial charge on any atom is 0.347 e. The predicted molar refractivity (Wildman–Crippen MR) is 73.4 cm³/mol. The van der Waals surface area contributed by atoms with Gasteiger partial charge in [0.25, 0.3) is 0 Å². The highest BCUT2D eigenvalue weighted by Crippen LogP contribution is 2.25. The van der Waals surface area contributed by atoms with Gasteiger partial charge in [0.2, 0.25) is 10.0 Å². The molecule has 0 aliphatic heterocycles. The fraction of sp³-hybridized carbons (Fsp3) is 0.250. The normalized spacial score (nSPS) is 11.9. The fourth-order valence-electron chi connectivity index (χ4n) is 1.70. The van der Waals surface area contributed by atoms with Gasteiger partial charge in [-0.3, -0.25) is 0 Å². The Hall–Kier alpha value is -1.64. The van der Waals surface area contributed by atoms with E-state index in [2.05, 4.69) is 0 Å². The predicted octanol–water partition coefficient (Wildman–Crippen LogP) is 2.17. The highest BCUT2D eigenvalue weighted by atomic mass is 32.2. The molecule has 6 nitrogen and oxygen atoms in total. The van der Waals surface area contributed by atoms with Crippen LogP contribution in [0.1, 0.15) is 21.2 Å². The summed E-state index contributed by atoms with van der Waals surface area (Å²) in [6, 6.07) is 4.73. The van der Waals surface area contributed by atoms with E-state index < -0.39 is 16.0 Å². The topological polar surface area (TPSA) is 87.8 Å². The molecule has 0 aromatic carbocycles. The maximum atomic E-state index is 12.4. The molecule has 108 valence electrons. The van der Waals surface area contributed by atoms with E-state index in [1.54, 1.807) is 19.1 Å². The molecule has 8 heteroatoms. The largest absolute Gasteiger partial charge is 0.477 e. The molecule has 20 heavy (non-hydrogen) atoms. The molecular weight excluding hydrogens is 302 g/mol. The van der Waals surface area contributed by atoms with Crippen LogP contribution >= 0.6 is 11.3 Å². The van der Waals surface area contributed by atoms with E-state index >= 15 is 0 Å². The first-order chi connectivity index (χ1) is 9.32. The standard InChI is InChI=1S/C12H13NO5S2/c1-8-3-4-9(18-8)7-13(2)20(16,17)10-5-6-19-11(10)12(14)15/h3-6H,7H2,1-2H3,(H,14,15). The van der Waals surface area contributed by atoms with E-state index in [0.29, 0.717) is 11.5 Å². The third-order valence-corrected chi connectivity index (χ3v) is 5.56. The zero-order chi connectivity index (χ0) is 14.9. The summed E-state index contributed by atoms with van der Waals surface area (Å²) in [6.07, 6.45) is 0. The molecule has 2 heterocycles. The molecule has 0 spiro atoms. The minimum atomic E-state index is -3.86. The zero-order valence-electron chi connectivity index (χ0n) is 10.9. The Balaban J connectivity index is 2.30. The van der Waals surface area contributed by atoms with Crippen molar-refractivity contribution in [3.05, 3.63) is 40.0 Å². The molecule has 0 radical (unpaired) electrons. The van der Waals surface area contributed by atoms with Crippen molar-refractivity contribution in [2.75, 3.05) is 7.05 Å². The van der Waals surface area contributed by atoms with Crippen LogP contribution in [-0.2, 0) is 16.6 Å². The summed E-state index contributed by atoms with van der Waals surface area (Å²) >= 11 is 0.884. The Kier molecular flexibility index (Phi) is 3.98. The number of thiophene rings is 1. The molecule has 0 aliphatic carbocycles. The number of hydrogen-bond acceptors (Lipinski definition) is 5. The van der Waals surface area contributed by atoms with Gasteiger partial charge in [-0.25, -0.2) is 13.2 Å². The number of nitrogens with zero attached hydrogens (tertiary/aromatic N) is 1. The van der Waals surface area contributed by atoms with Gasteiger partial charge in [0, 0.05) is 7.05 Å². The lowest BCUT2D eigenvalue weighted by Gasteiger charge is -2.15. The van der Waals surface area contributed by atoms with Crippen molar-refractivity contribution in [1.82, 2.24) is 4.31 Å². The van der Waals surface area contributed by atoms with Crippen molar-refractivity contribution < 1.29 is 22.7 Å². The minimum absolute atomic E-state index is 0.0467. The Morgan fingerprint density at radius 1 is 1.40 bits per heavy atom. The minimum Gasteiger partial charge on any atom is -0.477 e. The second kappa shape index (κ2) is 5.39. The number of aryl methyl sites for hydroxylation is 1. The van der Waals surface area contributed by atoms with E-state index in [0.717, 1.165) is 15.6 Å². The first-order valence-corrected chi connectivity index (χ1v) is 7.97. The Labute approximate surface area is 120 Å². The second-order valence-corrected chi connectivity index (χ2v) is 7.12. The summed E-state index contributed by atoms with van der Waals surface area (Å²) in [7, 11) is -2.47. The molecule has 0 saturated carbocycles. The first kappa shape index (κ1) is 14.8. The molecule has 0 amide bonds. The van der Waals surface area contributed by atoms with Crippen molar-refractivity contribution in [1.29, 1.82) is 0 Å². The average Bonchev–Trinajstić information content (AvgIpc) is 2.98. The fourth-order valence-corrected chi connectivity index (χ4v) is 4.07. The number of carbonyl (C=O) groups is 1. The van der Waals surface area contributed by atoms with Crippen molar-refractivity contribution in [3.8, 4) is 0 Å². The van der Waals surface area contributed by atoms with E-state index in [4.69, 9.17) is 9.52 Å². The maximum absolute atomic E-state index is 12.4. The van der Waals surface area contributed by atoms with Crippen molar-refractivity contribution in [2.24, 2.45) is 0 Å². The van der Waals surface area contributed by atoms with Gasteiger partial charge in [0.1, 0.15) is 21.3 Å². The third kappa shape index (κ3) is 2.77. The van der Waals surface area contributed by atoms with E-state index in [9.17, 15) is 13.2 Å². The lowest BCUT2D eigenvalue weighted by molar-refractivity contribution is 0.0698. The smallest absolute Gasteiger partial charge is 0.347 e. The lowest BCUT2D eigenvalue weighted by atomic mass is 10.4. The van der Waals surface area contributed by atoms with Crippen LogP contribution in [0.15, 0.2) is 32.9 Å². The molecule has 2 aromatic rings. The third-order valence-electron chi connectivity index (χ3n) is 2.69. The van der Waals surface area contributed by atoms with Gasteiger partial charge in [0.15, 0.2) is 0 Å². The van der Waals surface area contributed by atoms with E-state index in [1.807, 2.05) is 0 Å². The molecule has 0 aliphatic rings. The van der Waals surface area contributed by atoms with Gasteiger partial charge >= 0.3 is 5.97 Å². The van der Waals surface area contributed by atoms with Crippen LogP contribution in [-0.4, -0.2) is 30.8 Å². The summed E-state index contributed by atoms with van der Waals surface area (Å²) < 4.78 is 31.1. The van der Waals surface area contributed by atoms with Gasteiger partial charge in [-0.2, -0.15) is 4.31 Å². The first-order valence-electron chi connectivity index (χ1n) is 5.65. The quantitative estimate of drug-likeness (QED) is 0.913. The molecule has 0 atom stereocenters. The molecule has 0 unspecified atom stereocenters. The second-order valence-electron chi connectivity index (χ2n) is 4.19. The van der Waals surface area contributed by atoms with E-state index in [1.165, 1.54) is 18.5 Å². The van der Waals surface area contributed by atoms with Crippen LogP contribution < -0.4 is 0 Å². The summed E-state index contributed by atoms with van der Waals surface area (Å²) in [5.41, 5.74) is 0. The number of carboxylic acid groups (broad SMARTS) is 1. The molecule has 0 fully saturated rings. The summed E-state index contributed by atoms with van der Waals surface area (Å²) in [5, 5.41) is 10.4. The number of sulfonamides is 1. The van der Waals surface area contributed by atoms with Gasteiger partial charge in [-0.1, -0.05) is 0 Å². The van der Waals surface area contributed by atoms with Crippen LogP contribution in [0.2, 0.25) is 0 Å².